The van der Waals surface area contributed by atoms with Crippen LogP contribution in [-0.2, 0) is 16.6 Å². The maximum atomic E-state index is 12.6. The zero-order chi connectivity index (χ0) is 16.4. The fourth-order valence-electron chi connectivity index (χ4n) is 2.66. The number of thioether (sulfide) groups is 1. The van der Waals surface area contributed by atoms with E-state index in [0.717, 1.165) is 35.1 Å². The quantitative estimate of drug-likeness (QED) is 0.767. The van der Waals surface area contributed by atoms with E-state index in [4.69, 9.17) is 0 Å². The first-order valence-electron chi connectivity index (χ1n) is 7.92. The molecule has 0 aliphatic carbocycles. The number of nitrogens with zero attached hydrogens (tertiary/aromatic N) is 2. The van der Waals surface area contributed by atoms with Crippen molar-refractivity contribution < 1.29 is 4.79 Å². The molecule has 1 aromatic carbocycles. The van der Waals surface area contributed by atoms with E-state index in [-0.39, 0.29) is 11.3 Å². The van der Waals surface area contributed by atoms with E-state index >= 15 is 0 Å². The van der Waals surface area contributed by atoms with Crippen molar-refractivity contribution in [1.29, 1.82) is 0 Å². The third kappa shape index (κ3) is 3.78. The maximum Gasteiger partial charge on any atom is 0.237 e. The van der Waals surface area contributed by atoms with Crippen molar-refractivity contribution in [2.24, 2.45) is 0 Å². The molecule has 0 bridgehead atoms. The summed E-state index contributed by atoms with van der Waals surface area (Å²) in [5.41, 5.74) is 3.52. The highest BCUT2D eigenvalue weighted by Crippen LogP contribution is 2.31. The first kappa shape index (κ1) is 16.5. The standard InChI is InChI=1S/C18H22N2OS2/c1-18(2,3)15-11-22-17(19-15)23-12-16(21)20-10-6-8-13-7-4-5-9-14(13)20/h4-5,7,9,11H,6,8,10,12H2,1-3H3. The van der Waals surface area contributed by atoms with Crippen molar-refractivity contribution in [3.05, 3.63) is 40.9 Å². The van der Waals surface area contributed by atoms with Gasteiger partial charge in [-0.25, -0.2) is 4.98 Å². The Morgan fingerprint density at radius 2 is 2.13 bits per heavy atom. The van der Waals surface area contributed by atoms with Gasteiger partial charge in [-0.3, -0.25) is 4.79 Å². The van der Waals surface area contributed by atoms with Crippen molar-refractivity contribution in [3.63, 3.8) is 0 Å². The molecule has 1 amide bonds. The van der Waals surface area contributed by atoms with Crippen LogP contribution in [0.4, 0.5) is 5.69 Å². The van der Waals surface area contributed by atoms with E-state index in [2.05, 4.69) is 43.3 Å². The van der Waals surface area contributed by atoms with E-state index in [0.29, 0.717) is 5.75 Å². The minimum absolute atomic E-state index is 0.0606. The Morgan fingerprint density at radius 3 is 2.87 bits per heavy atom. The number of thiazole rings is 1. The van der Waals surface area contributed by atoms with Crippen LogP contribution in [-0.4, -0.2) is 23.2 Å². The first-order chi connectivity index (χ1) is 10.9. The summed E-state index contributed by atoms with van der Waals surface area (Å²) in [6.45, 7) is 7.30. The number of benzene rings is 1. The lowest BCUT2D eigenvalue weighted by Crippen LogP contribution is -2.36. The van der Waals surface area contributed by atoms with Crippen molar-refractivity contribution in [1.82, 2.24) is 4.98 Å². The van der Waals surface area contributed by atoms with E-state index < -0.39 is 0 Å². The second kappa shape index (κ2) is 6.65. The van der Waals surface area contributed by atoms with Crippen molar-refractivity contribution in [2.75, 3.05) is 17.2 Å². The summed E-state index contributed by atoms with van der Waals surface area (Å²) in [7, 11) is 0. The number of rotatable bonds is 3. The SMILES string of the molecule is CC(C)(C)c1csc(SCC(=O)N2CCCc3ccccc32)n1. The van der Waals surface area contributed by atoms with E-state index in [9.17, 15) is 4.79 Å². The molecule has 0 saturated carbocycles. The van der Waals surface area contributed by atoms with Gasteiger partial charge in [-0.15, -0.1) is 11.3 Å². The number of carbonyl (C=O) groups excluding carboxylic acids is 1. The third-order valence-corrected chi connectivity index (χ3v) is 5.99. The predicted octanol–water partition coefficient (Wildman–Crippen LogP) is 4.51. The molecule has 0 spiro atoms. The number of hydrogen-bond donors (Lipinski definition) is 0. The zero-order valence-corrected chi connectivity index (χ0v) is 15.5. The predicted molar refractivity (Wildman–Crippen MR) is 98.7 cm³/mol. The number of carbonyl (C=O) groups is 1. The normalized spacial score (nSPS) is 14.7. The highest BCUT2D eigenvalue weighted by molar-refractivity contribution is 8.01. The lowest BCUT2D eigenvalue weighted by molar-refractivity contribution is -0.116. The lowest BCUT2D eigenvalue weighted by atomic mass is 9.93. The molecule has 122 valence electrons. The van der Waals surface area contributed by atoms with Crippen molar-refractivity contribution >= 4 is 34.7 Å². The molecule has 3 nitrogen and oxygen atoms in total. The van der Waals surface area contributed by atoms with E-state index in [1.54, 1.807) is 23.1 Å². The van der Waals surface area contributed by atoms with Crippen LogP contribution in [0, 0.1) is 0 Å². The Bertz CT molecular complexity index is 703. The highest BCUT2D eigenvalue weighted by atomic mass is 32.2. The molecule has 3 rings (SSSR count). The second-order valence-corrected chi connectivity index (χ2v) is 8.90. The number of amides is 1. The number of anilines is 1. The summed E-state index contributed by atoms with van der Waals surface area (Å²) in [5, 5.41) is 2.10. The first-order valence-corrected chi connectivity index (χ1v) is 9.79. The molecule has 0 fully saturated rings. The average Bonchev–Trinajstić information content (AvgIpc) is 3.01. The fourth-order valence-corrected chi connectivity index (χ4v) is 4.59. The van der Waals surface area contributed by atoms with Crippen molar-refractivity contribution in [3.8, 4) is 0 Å². The summed E-state index contributed by atoms with van der Waals surface area (Å²) >= 11 is 3.18. The molecule has 2 aromatic rings. The van der Waals surface area contributed by atoms with Crippen LogP contribution in [0.1, 0.15) is 38.4 Å². The Morgan fingerprint density at radius 1 is 1.35 bits per heavy atom. The summed E-state index contributed by atoms with van der Waals surface area (Å²) in [4.78, 5) is 19.2. The minimum Gasteiger partial charge on any atom is -0.311 e. The lowest BCUT2D eigenvalue weighted by Gasteiger charge is -2.29. The third-order valence-electron chi connectivity index (χ3n) is 3.98. The minimum atomic E-state index is 0.0606. The summed E-state index contributed by atoms with van der Waals surface area (Å²) < 4.78 is 0.980. The van der Waals surface area contributed by atoms with E-state index in [1.807, 2.05) is 17.0 Å². The Hall–Kier alpha value is -1.33. The number of aryl methyl sites for hydroxylation is 1. The van der Waals surface area contributed by atoms with Gasteiger partial charge in [-0.05, 0) is 24.5 Å². The van der Waals surface area contributed by atoms with Crippen LogP contribution >= 0.6 is 23.1 Å². The van der Waals surface area contributed by atoms with Gasteiger partial charge in [-0.1, -0.05) is 50.7 Å². The average molecular weight is 347 g/mol. The Kier molecular flexibility index (Phi) is 4.78. The van der Waals surface area contributed by atoms with Gasteiger partial charge < -0.3 is 4.90 Å². The zero-order valence-electron chi connectivity index (χ0n) is 13.8. The summed E-state index contributed by atoms with van der Waals surface area (Å²) in [5.74, 6) is 0.625. The van der Waals surface area contributed by atoms with Gasteiger partial charge >= 0.3 is 0 Å². The van der Waals surface area contributed by atoms with Gasteiger partial charge in [0, 0.05) is 23.0 Å². The Labute approximate surface area is 146 Å². The molecule has 5 heteroatoms. The number of aromatic nitrogens is 1. The van der Waals surface area contributed by atoms with Gasteiger partial charge in [0.1, 0.15) is 0 Å². The summed E-state index contributed by atoms with van der Waals surface area (Å²) in [6, 6.07) is 8.23. The topological polar surface area (TPSA) is 33.2 Å². The van der Waals surface area contributed by atoms with Crippen LogP contribution in [0.15, 0.2) is 34.0 Å². The van der Waals surface area contributed by atoms with E-state index in [1.165, 1.54) is 5.56 Å². The molecule has 0 N–H and O–H groups in total. The molecule has 0 saturated heterocycles. The molecule has 1 aliphatic heterocycles. The monoisotopic (exact) mass is 346 g/mol. The highest BCUT2D eigenvalue weighted by Gasteiger charge is 2.23. The molecule has 0 radical (unpaired) electrons. The van der Waals surface area contributed by atoms with Crippen LogP contribution in [0.5, 0.6) is 0 Å². The molecule has 1 aliphatic rings. The fraction of sp³-hybridized carbons (Fsp3) is 0.444. The van der Waals surface area contributed by atoms with Gasteiger partial charge in [0.15, 0.2) is 4.34 Å². The summed E-state index contributed by atoms with van der Waals surface area (Å²) in [6.07, 6.45) is 2.10. The van der Waals surface area contributed by atoms with Crippen LogP contribution in [0.3, 0.4) is 0 Å². The van der Waals surface area contributed by atoms with Crippen LogP contribution in [0.25, 0.3) is 0 Å². The molecule has 1 aromatic heterocycles. The van der Waals surface area contributed by atoms with Crippen LogP contribution in [0.2, 0.25) is 0 Å². The maximum absolute atomic E-state index is 12.6. The number of hydrogen-bond acceptors (Lipinski definition) is 4. The molecule has 0 atom stereocenters. The second-order valence-electron chi connectivity index (χ2n) is 6.81. The molecular formula is C18H22N2OS2. The van der Waals surface area contributed by atoms with Gasteiger partial charge in [0.05, 0.1) is 11.4 Å². The number of para-hydroxylation sites is 1. The van der Waals surface area contributed by atoms with Gasteiger partial charge in [0.2, 0.25) is 5.91 Å². The smallest absolute Gasteiger partial charge is 0.237 e. The largest absolute Gasteiger partial charge is 0.311 e. The van der Waals surface area contributed by atoms with Crippen LogP contribution < -0.4 is 4.90 Å². The molecule has 0 unspecified atom stereocenters. The Balaban J connectivity index is 1.66. The molecule has 23 heavy (non-hydrogen) atoms. The van der Waals surface area contributed by atoms with Gasteiger partial charge in [-0.2, -0.15) is 0 Å². The molecular weight excluding hydrogens is 324 g/mol. The number of fused-ring (bicyclic) bond motifs is 1. The van der Waals surface area contributed by atoms with Crippen molar-refractivity contribution in [2.45, 2.75) is 43.4 Å². The van der Waals surface area contributed by atoms with Gasteiger partial charge in [0.25, 0.3) is 0 Å². The molecule has 2 heterocycles.